The summed E-state index contributed by atoms with van der Waals surface area (Å²) in [5.41, 5.74) is 1.13. The number of anilines is 2. The predicted molar refractivity (Wildman–Crippen MR) is 110 cm³/mol. The van der Waals surface area contributed by atoms with Crippen LogP contribution in [0.15, 0.2) is 36.4 Å². The third-order valence-electron chi connectivity index (χ3n) is 4.23. The molecule has 0 aromatic heterocycles. The molecular weight excluding hydrogens is 398 g/mol. The molecule has 0 atom stereocenters. The van der Waals surface area contributed by atoms with Gasteiger partial charge in [0.2, 0.25) is 18.6 Å². The lowest BCUT2D eigenvalue weighted by molar-refractivity contribution is -0.119. The van der Waals surface area contributed by atoms with E-state index in [1.807, 2.05) is 0 Å². The van der Waals surface area contributed by atoms with Gasteiger partial charge in [0.1, 0.15) is 5.75 Å². The first-order valence-corrected chi connectivity index (χ1v) is 9.34. The van der Waals surface area contributed by atoms with Crippen LogP contribution in [0.5, 0.6) is 17.2 Å². The van der Waals surface area contributed by atoms with Crippen molar-refractivity contribution in [1.29, 1.82) is 0 Å². The third-order valence-corrected chi connectivity index (χ3v) is 4.46. The van der Waals surface area contributed by atoms with E-state index in [1.165, 1.54) is 7.11 Å². The van der Waals surface area contributed by atoms with E-state index >= 15 is 0 Å². The van der Waals surface area contributed by atoms with Crippen LogP contribution in [0.4, 0.5) is 11.4 Å². The summed E-state index contributed by atoms with van der Waals surface area (Å²) < 4.78 is 15.7. The number of likely N-dealkylation sites (N-methyl/N-ethyl adjacent to an activating group) is 1. The largest absolute Gasteiger partial charge is 0.495 e. The minimum Gasteiger partial charge on any atom is -0.495 e. The lowest BCUT2D eigenvalue weighted by atomic mass is 10.2. The molecule has 29 heavy (non-hydrogen) atoms. The van der Waals surface area contributed by atoms with Gasteiger partial charge >= 0.3 is 0 Å². The molecule has 3 rings (SSSR count). The van der Waals surface area contributed by atoms with Gasteiger partial charge in [-0.25, -0.2) is 0 Å². The normalized spacial score (nSPS) is 12.0. The van der Waals surface area contributed by atoms with Crippen LogP contribution in [0, 0.1) is 0 Å². The number of halogens is 1. The molecule has 0 saturated carbocycles. The Morgan fingerprint density at radius 1 is 1.10 bits per heavy atom. The average Bonchev–Trinajstić information content (AvgIpc) is 3.14. The maximum absolute atomic E-state index is 12.3. The number of hydrogen-bond donors (Lipinski definition) is 2. The van der Waals surface area contributed by atoms with E-state index in [4.69, 9.17) is 25.8 Å². The summed E-state index contributed by atoms with van der Waals surface area (Å²) in [7, 11) is 3.28. The van der Waals surface area contributed by atoms with E-state index in [0.29, 0.717) is 40.2 Å². The van der Waals surface area contributed by atoms with Crippen LogP contribution in [-0.4, -0.2) is 50.8 Å². The predicted octanol–water partition coefficient (Wildman–Crippen LogP) is 2.98. The van der Waals surface area contributed by atoms with Gasteiger partial charge in [0.15, 0.2) is 11.5 Å². The second-order valence-corrected chi connectivity index (χ2v) is 6.93. The van der Waals surface area contributed by atoms with Crippen LogP contribution in [0.3, 0.4) is 0 Å². The molecule has 8 nitrogen and oxygen atoms in total. The second kappa shape index (κ2) is 9.49. The van der Waals surface area contributed by atoms with Crippen LogP contribution < -0.4 is 24.8 Å². The molecule has 1 aliphatic heterocycles. The number of benzene rings is 2. The first kappa shape index (κ1) is 20.8. The average molecular weight is 420 g/mol. The van der Waals surface area contributed by atoms with E-state index in [0.717, 1.165) is 0 Å². The molecule has 0 fully saturated rings. The van der Waals surface area contributed by atoms with Gasteiger partial charge in [-0.3, -0.25) is 14.5 Å². The topological polar surface area (TPSA) is 89.1 Å². The number of carbonyl (C=O) groups is 2. The van der Waals surface area contributed by atoms with Crippen molar-refractivity contribution in [3.8, 4) is 17.2 Å². The number of fused-ring (bicyclic) bond motifs is 1. The number of hydrogen-bond acceptors (Lipinski definition) is 6. The van der Waals surface area contributed by atoms with E-state index in [2.05, 4.69) is 10.6 Å². The summed E-state index contributed by atoms with van der Waals surface area (Å²) in [6, 6.07) is 10.2. The third kappa shape index (κ3) is 5.75. The highest BCUT2D eigenvalue weighted by atomic mass is 35.5. The van der Waals surface area contributed by atoms with Gasteiger partial charge in [-0.2, -0.15) is 0 Å². The molecule has 2 aromatic rings. The highest BCUT2D eigenvalue weighted by Crippen LogP contribution is 2.34. The SMILES string of the molecule is COc1ccc(Cl)cc1NC(=O)CN(C)CCC(=O)Nc1ccc2c(c1)OCO2. The summed E-state index contributed by atoms with van der Waals surface area (Å²) in [4.78, 5) is 26.2. The lowest BCUT2D eigenvalue weighted by Crippen LogP contribution is -2.32. The fourth-order valence-electron chi connectivity index (χ4n) is 2.78. The van der Waals surface area contributed by atoms with Crippen molar-refractivity contribution in [3.05, 3.63) is 41.4 Å². The maximum atomic E-state index is 12.3. The van der Waals surface area contributed by atoms with Gasteiger partial charge in [0.25, 0.3) is 0 Å². The number of carbonyl (C=O) groups excluding carboxylic acids is 2. The summed E-state index contributed by atoms with van der Waals surface area (Å²) in [6.07, 6.45) is 0.235. The van der Waals surface area contributed by atoms with Gasteiger partial charge in [0.05, 0.1) is 19.3 Å². The molecule has 1 aliphatic rings. The van der Waals surface area contributed by atoms with Crippen LogP contribution in [0.25, 0.3) is 0 Å². The van der Waals surface area contributed by atoms with Gasteiger partial charge in [-0.1, -0.05) is 11.6 Å². The Bertz CT molecular complexity index is 906. The smallest absolute Gasteiger partial charge is 0.238 e. The number of rotatable bonds is 8. The Hall–Kier alpha value is -2.97. The standard InChI is InChI=1S/C20H22ClN3O5/c1-24(11-20(26)23-15-9-13(21)3-5-16(15)27-2)8-7-19(25)22-14-4-6-17-18(10-14)29-12-28-17/h3-6,9-10H,7-8,11-12H2,1-2H3,(H,22,25)(H,23,26). The monoisotopic (exact) mass is 419 g/mol. The molecule has 2 aromatic carbocycles. The highest BCUT2D eigenvalue weighted by molar-refractivity contribution is 6.31. The van der Waals surface area contributed by atoms with Crippen molar-refractivity contribution in [2.75, 3.05) is 44.7 Å². The summed E-state index contributed by atoms with van der Waals surface area (Å²) in [5.74, 6) is 1.39. The molecule has 0 unspecified atom stereocenters. The summed E-state index contributed by atoms with van der Waals surface area (Å²) in [5, 5.41) is 6.07. The van der Waals surface area contributed by atoms with Gasteiger partial charge in [-0.05, 0) is 37.4 Å². The molecule has 0 radical (unpaired) electrons. The Morgan fingerprint density at radius 3 is 2.69 bits per heavy atom. The van der Waals surface area contributed by atoms with E-state index in [1.54, 1.807) is 48.3 Å². The van der Waals surface area contributed by atoms with E-state index < -0.39 is 0 Å². The minimum absolute atomic E-state index is 0.118. The molecule has 2 amide bonds. The van der Waals surface area contributed by atoms with Crippen molar-refractivity contribution >= 4 is 34.8 Å². The molecule has 2 N–H and O–H groups in total. The van der Waals surface area contributed by atoms with Crippen molar-refractivity contribution in [2.24, 2.45) is 0 Å². The zero-order valence-electron chi connectivity index (χ0n) is 16.2. The summed E-state index contributed by atoms with van der Waals surface area (Å²) >= 11 is 5.97. The maximum Gasteiger partial charge on any atom is 0.238 e. The van der Waals surface area contributed by atoms with Crippen molar-refractivity contribution in [1.82, 2.24) is 4.90 Å². The van der Waals surface area contributed by atoms with Crippen LogP contribution >= 0.6 is 11.6 Å². The van der Waals surface area contributed by atoms with Crippen molar-refractivity contribution in [3.63, 3.8) is 0 Å². The molecule has 9 heteroatoms. The van der Waals surface area contributed by atoms with E-state index in [-0.39, 0.29) is 31.6 Å². The fraction of sp³-hybridized carbons (Fsp3) is 0.300. The number of amides is 2. The summed E-state index contributed by atoms with van der Waals surface area (Å²) in [6.45, 7) is 0.712. The zero-order chi connectivity index (χ0) is 20.8. The number of methoxy groups -OCH3 is 1. The van der Waals surface area contributed by atoms with Crippen LogP contribution in [0.2, 0.25) is 5.02 Å². The number of nitrogens with one attached hydrogen (secondary N) is 2. The second-order valence-electron chi connectivity index (χ2n) is 6.50. The van der Waals surface area contributed by atoms with Crippen LogP contribution in [0.1, 0.15) is 6.42 Å². The molecule has 0 bridgehead atoms. The van der Waals surface area contributed by atoms with Gasteiger partial charge in [0, 0.05) is 29.7 Å². The van der Waals surface area contributed by atoms with Crippen LogP contribution in [-0.2, 0) is 9.59 Å². The fourth-order valence-corrected chi connectivity index (χ4v) is 2.95. The highest BCUT2D eigenvalue weighted by Gasteiger charge is 2.15. The van der Waals surface area contributed by atoms with Gasteiger partial charge in [-0.15, -0.1) is 0 Å². The van der Waals surface area contributed by atoms with Crippen molar-refractivity contribution in [2.45, 2.75) is 6.42 Å². The first-order valence-electron chi connectivity index (χ1n) is 8.96. The Labute approximate surface area is 173 Å². The van der Waals surface area contributed by atoms with Gasteiger partial charge < -0.3 is 24.8 Å². The Balaban J connectivity index is 1.44. The molecule has 1 heterocycles. The van der Waals surface area contributed by atoms with E-state index in [9.17, 15) is 9.59 Å². The zero-order valence-corrected chi connectivity index (χ0v) is 16.9. The quantitative estimate of drug-likeness (QED) is 0.683. The molecular formula is C20H22ClN3O5. The molecule has 0 saturated heterocycles. The minimum atomic E-state index is -0.232. The molecule has 0 spiro atoms. The Morgan fingerprint density at radius 2 is 1.90 bits per heavy atom. The number of nitrogens with zero attached hydrogens (tertiary/aromatic N) is 1. The Kier molecular flexibility index (Phi) is 6.79. The van der Waals surface area contributed by atoms with Crippen molar-refractivity contribution < 1.29 is 23.8 Å². The number of ether oxygens (including phenoxy) is 3. The lowest BCUT2D eigenvalue weighted by Gasteiger charge is -2.17. The molecule has 0 aliphatic carbocycles. The molecule has 154 valence electrons. The first-order chi connectivity index (χ1) is 13.9.